The van der Waals surface area contributed by atoms with E-state index in [2.05, 4.69) is 21.2 Å². The van der Waals surface area contributed by atoms with Crippen molar-refractivity contribution in [3.8, 4) is 12.3 Å². The number of piperazine rings is 1. The van der Waals surface area contributed by atoms with Crippen molar-refractivity contribution in [2.45, 2.75) is 0 Å². The average molecular weight is 343 g/mol. The molecular formula is C17H15F2N5O. The fourth-order valence-corrected chi connectivity index (χ4v) is 2.56. The molecule has 0 bridgehead atoms. The van der Waals surface area contributed by atoms with E-state index in [4.69, 9.17) is 6.42 Å². The SMILES string of the molecule is C#Cc1cc(F)c(NC(=O)N2CCN(c3cnccn3)CC2)c(F)c1. The quantitative estimate of drug-likeness (QED) is 0.849. The number of benzene rings is 1. The maximum atomic E-state index is 13.9. The molecule has 3 rings (SSSR count). The highest BCUT2D eigenvalue weighted by molar-refractivity contribution is 5.89. The zero-order valence-electron chi connectivity index (χ0n) is 13.2. The molecule has 25 heavy (non-hydrogen) atoms. The van der Waals surface area contributed by atoms with Crippen molar-refractivity contribution in [1.29, 1.82) is 0 Å². The van der Waals surface area contributed by atoms with Gasteiger partial charge in [0.25, 0.3) is 0 Å². The number of nitrogens with zero attached hydrogens (tertiary/aromatic N) is 4. The van der Waals surface area contributed by atoms with E-state index < -0.39 is 23.4 Å². The van der Waals surface area contributed by atoms with Gasteiger partial charge in [0.05, 0.1) is 6.20 Å². The Morgan fingerprint density at radius 2 is 1.84 bits per heavy atom. The van der Waals surface area contributed by atoms with Crippen LogP contribution in [0.5, 0.6) is 0 Å². The number of anilines is 2. The summed E-state index contributed by atoms with van der Waals surface area (Å²) in [5.41, 5.74) is -0.425. The minimum Gasteiger partial charge on any atom is -0.352 e. The number of terminal acetylenes is 1. The third-order valence-corrected chi connectivity index (χ3v) is 3.88. The Hall–Kier alpha value is -3.21. The highest BCUT2D eigenvalue weighted by Crippen LogP contribution is 2.21. The first kappa shape index (κ1) is 16.6. The molecule has 0 radical (unpaired) electrons. The van der Waals surface area contributed by atoms with E-state index in [1.807, 2.05) is 4.90 Å². The summed E-state index contributed by atoms with van der Waals surface area (Å²) in [5.74, 6) is 1.07. The highest BCUT2D eigenvalue weighted by atomic mass is 19.1. The average Bonchev–Trinajstić information content (AvgIpc) is 2.65. The number of amides is 2. The molecule has 0 unspecified atom stereocenters. The summed E-state index contributed by atoms with van der Waals surface area (Å²) in [6.07, 6.45) is 9.95. The largest absolute Gasteiger partial charge is 0.352 e. The predicted molar refractivity (Wildman–Crippen MR) is 89.1 cm³/mol. The molecule has 0 aliphatic carbocycles. The normalized spacial score (nSPS) is 14.1. The van der Waals surface area contributed by atoms with Gasteiger partial charge in [-0.1, -0.05) is 5.92 Å². The Morgan fingerprint density at radius 1 is 1.16 bits per heavy atom. The molecule has 0 saturated carbocycles. The van der Waals surface area contributed by atoms with Crippen LogP contribution >= 0.6 is 0 Å². The summed E-state index contributed by atoms with van der Waals surface area (Å²) < 4.78 is 27.8. The number of urea groups is 1. The molecule has 2 heterocycles. The van der Waals surface area contributed by atoms with Crippen LogP contribution in [0.4, 0.5) is 25.1 Å². The van der Waals surface area contributed by atoms with E-state index in [1.54, 1.807) is 18.6 Å². The molecule has 0 atom stereocenters. The lowest BCUT2D eigenvalue weighted by Crippen LogP contribution is -2.50. The molecule has 0 spiro atoms. The summed E-state index contributed by atoms with van der Waals surface area (Å²) in [7, 11) is 0. The van der Waals surface area contributed by atoms with E-state index in [9.17, 15) is 13.6 Å². The Kier molecular flexibility index (Phi) is 4.75. The first-order chi connectivity index (χ1) is 12.1. The maximum absolute atomic E-state index is 13.9. The van der Waals surface area contributed by atoms with Gasteiger partial charge in [0.1, 0.15) is 11.5 Å². The second kappa shape index (κ2) is 7.13. The van der Waals surface area contributed by atoms with Crippen LogP contribution in [0.1, 0.15) is 5.56 Å². The summed E-state index contributed by atoms with van der Waals surface area (Å²) >= 11 is 0. The van der Waals surface area contributed by atoms with Crippen molar-refractivity contribution >= 4 is 17.5 Å². The minimum absolute atomic E-state index is 0.0746. The smallest absolute Gasteiger partial charge is 0.322 e. The van der Waals surface area contributed by atoms with E-state index in [0.29, 0.717) is 26.2 Å². The standard InChI is InChI=1S/C17H15F2N5O/c1-2-12-9-13(18)16(14(19)10-12)22-17(25)24-7-5-23(6-8-24)15-11-20-3-4-21-15/h1,3-4,9-11H,5-8H2,(H,22,25). The number of carbonyl (C=O) groups excluding carboxylic acids is 1. The zero-order chi connectivity index (χ0) is 17.8. The Morgan fingerprint density at radius 3 is 2.40 bits per heavy atom. The summed E-state index contributed by atoms with van der Waals surface area (Å²) in [6, 6.07) is 1.44. The third-order valence-electron chi connectivity index (χ3n) is 3.88. The van der Waals surface area contributed by atoms with Gasteiger partial charge in [-0.05, 0) is 12.1 Å². The molecule has 1 aromatic carbocycles. The lowest BCUT2D eigenvalue weighted by atomic mass is 10.2. The highest BCUT2D eigenvalue weighted by Gasteiger charge is 2.23. The van der Waals surface area contributed by atoms with Crippen molar-refractivity contribution < 1.29 is 13.6 Å². The molecule has 1 fully saturated rings. The molecule has 1 saturated heterocycles. The minimum atomic E-state index is -0.903. The van der Waals surface area contributed by atoms with Gasteiger partial charge in [-0.3, -0.25) is 4.98 Å². The van der Waals surface area contributed by atoms with Gasteiger partial charge in [0.2, 0.25) is 0 Å². The third kappa shape index (κ3) is 3.66. The van der Waals surface area contributed by atoms with E-state index in [-0.39, 0.29) is 5.56 Å². The van der Waals surface area contributed by atoms with Gasteiger partial charge in [-0.25, -0.2) is 18.6 Å². The number of hydrogen-bond acceptors (Lipinski definition) is 4. The van der Waals surface area contributed by atoms with Crippen LogP contribution in [0.15, 0.2) is 30.7 Å². The Labute approximate surface area is 143 Å². The number of rotatable bonds is 2. The van der Waals surface area contributed by atoms with Crippen LogP contribution in [0.3, 0.4) is 0 Å². The van der Waals surface area contributed by atoms with Crippen LogP contribution in [0.25, 0.3) is 0 Å². The molecule has 2 aromatic rings. The van der Waals surface area contributed by atoms with Crippen LogP contribution in [0.2, 0.25) is 0 Å². The first-order valence-electron chi connectivity index (χ1n) is 7.61. The number of halogens is 2. The lowest BCUT2D eigenvalue weighted by Gasteiger charge is -2.35. The van der Waals surface area contributed by atoms with Gasteiger partial charge < -0.3 is 15.1 Å². The lowest BCUT2D eigenvalue weighted by molar-refractivity contribution is 0.208. The Bertz CT molecular complexity index is 791. The summed E-state index contributed by atoms with van der Waals surface area (Å²) in [5, 5.41) is 2.28. The Balaban J connectivity index is 1.63. The second-order valence-electron chi connectivity index (χ2n) is 5.43. The van der Waals surface area contributed by atoms with Crippen LogP contribution in [-0.4, -0.2) is 47.1 Å². The monoisotopic (exact) mass is 343 g/mol. The van der Waals surface area contributed by atoms with E-state index >= 15 is 0 Å². The molecule has 8 heteroatoms. The number of carbonyl (C=O) groups is 1. The van der Waals surface area contributed by atoms with Crippen LogP contribution in [0, 0.1) is 24.0 Å². The molecule has 128 valence electrons. The van der Waals surface area contributed by atoms with Crippen molar-refractivity contribution in [2.24, 2.45) is 0 Å². The van der Waals surface area contributed by atoms with Crippen LogP contribution < -0.4 is 10.2 Å². The molecule has 6 nitrogen and oxygen atoms in total. The van der Waals surface area contributed by atoms with Gasteiger partial charge >= 0.3 is 6.03 Å². The molecule has 1 aliphatic rings. The first-order valence-corrected chi connectivity index (χ1v) is 7.61. The van der Waals surface area contributed by atoms with Gasteiger partial charge in [-0.2, -0.15) is 0 Å². The molecule has 1 aliphatic heterocycles. The van der Waals surface area contributed by atoms with Gasteiger partial charge in [0.15, 0.2) is 11.6 Å². The van der Waals surface area contributed by atoms with Crippen molar-refractivity contribution in [2.75, 3.05) is 36.4 Å². The molecular weight excluding hydrogens is 328 g/mol. The van der Waals surface area contributed by atoms with Crippen molar-refractivity contribution in [3.05, 3.63) is 47.9 Å². The molecule has 2 amide bonds. The second-order valence-corrected chi connectivity index (χ2v) is 5.43. The number of aromatic nitrogens is 2. The topological polar surface area (TPSA) is 61.4 Å². The molecule has 1 aromatic heterocycles. The van der Waals surface area contributed by atoms with Gasteiger partial charge in [-0.15, -0.1) is 6.42 Å². The summed E-state index contributed by atoms with van der Waals surface area (Å²) in [6.45, 7) is 1.89. The summed E-state index contributed by atoms with van der Waals surface area (Å²) in [4.78, 5) is 24.0. The van der Waals surface area contributed by atoms with Crippen molar-refractivity contribution in [1.82, 2.24) is 14.9 Å². The number of hydrogen-bond donors (Lipinski definition) is 1. The fourth-order valence-electron chi connectivity index (χ4n) is 2.56. The van der Waals surface area contributed by atoms with Gasteiger partial charge in [0, 0.05) is 44.1 Å². The van der Waals surface area contributed by atoms with Crippen molar-refractivity contribution in [3.63, 3.8) is 0 Å². The van der Waals surface area contributed by atoms with E-state index in [1.165, 1.54) is 4.90 Å². The predicted octanol–water partition coefficient (Wildman–Crippen LogP) is 2.09. The number of nitrogens with one attached hydrogen (secondary N) is 1. The maximum Gasteiger partial charge on any atom is 0.322 e. The molecule has 1 N–H and O–H groups in total. The fraction of sp³-hybridized carbons (Fsp3) is 0.235. The van der Waals surface area contributed by atoms with Crippen LogP contribution in [-0.2, 0) is 0 Å². The zero-order valence-corrected chi connectivity index (χ0v) is 13.2. The van der Waals surface area contributed by atoms with E-state index in [0.717, 1.165) is 18.0 Å².